The highest BCUT2D eigenvalue weighted by Crippen LogP contribution is 2.39. The molecule has 0 aromatic carbocycles. The third-order valence-electron chi connectivity index (χ3n) is 5.52. The number of aliphatic hydroxyl groups is 1. The zero-order valence-electron chi connectivity index (χ0n) is 14.6. The van der Waals surface area contributed by atoms with Gasteiger partial charge in [-0.05, 0) is 38.7 Å². The number of pyridine rings is 1. The van der Waals surface area contributed by atoms with Gasteiger partial charge in [-0.2, -0.15) is 0 Å². The van der Waals surface area contributed by atoms with Crippen LogP contribution in [0, 0.1) is 0 Å². The molecule has 4 heterocycles. The Labute approximate surface area is 149 Å². The quantitative estimate of drug-likeness (QED) is 0.591. The summed E-state index contributed by atoms with van der Waals surface area (Å²) in [5.74, 6) is 0.725. The van der Waals surface area contributed by atoms with Gasteiger partial charge in [0, 0.05) is 23.7 Å². The van der Waals surface area contributed by atoms with Gasteiger partial charge in [0.25, 0.3) is 0 Å². The largest absolute Gasteiger partial charge is 0.385 e. The normalized spacial score (nSPS) is 22.2. The van der Waals surface area contributed by atoms with Crippen LogP contribution in [0.1, 0.15) is 56.6 Å². The summed E-state index contributed by atoms with van der Waals surface area (Å²) in [4.78, 5) is 12.3. The van der Waals surface area contributed by atoms with Gasteiger partial charge in [0.2, 0.25) is 0 Å². The number of aromatic nitrogens is 7. The maximum atomic E-state index is 10.3. The van der Waals surface area contributed by atoms with Crippen LogP contribution in [0.5, 0.6) is 0 Å². The lowest BCUT2D eigenvalue weighted by Crippen LogP contribution is -2.22. The van der Waals surface area contributed by atoms with E-state index in [0.717, 1.165) is 53.6 Å². The first-order valence-electron chi connectivity index (χ1n) is 9.08. The molecule has 8 heteroatoms. The van der Waals surface area contributed by atoms with Crippen molar-refractivity contribution in [3.8, 4) is 0 Å². The molecule has 0 radical (unpaired) electrons. The lowest BCUT2D eigenvalue weighted by molar-refractivity contribution is 0.175. The number of aliphatic hydroxyl groups excluding tert-OH is 1. The van der Waals surface area contributed by atoms with Gasteiger partial charge >= 0.3 is 0 Å². The Morgan fingerprint density at radius 3 is 2.62 bits per heavy atom. The minimum atomic E-state index is -0.619. The van der Waals surface area contributed by atoms with E-state index in [4.69, 9.17) is 4.98 Å². The summed E-state index contributed by atoms with van der Waals surface area (Å²) in [6.07, 6.45) is 10.9. The summed E-state index contributed by atoms with van der Waals surface area (Å²) in [5.41, 5.74) is 2.77. The average Bonchev–Trinajstić information content (AvgIpc) is 3.39. The summed E-state index contributed by atoms with van der Waals surface area (Å²) in [7, 11) is 0. The van der Waals surface area contributed by atoms with Crippen molar-refractivity contribution in [2.24, 2.45) is 0 Å². The Balaban J connectivity index is 1.57. The van der Waals surface area contributed by atoms with Gasteiger partial charge in [-0.15, -0.1) is 10.2 Å². The SMILES string of the molecule is C[C@@H](O)c1nc2cnc3[nH]ccc3c2n1[C@H]1CC[C@@H](n2cnnc2)CC1. The Bertz CT molecular complexity index is 1040. The Kier molecular flexibility index (Phi) is 3.53. The maximum absolute atomic E-state index is 10.3. The number of H-pyrrole nitrogens is 1. The second kappa shape index (κ2) is 5.91. The van der Waals surface area contributed by atoms with Crippen molar-refractivity contribution >= 4 is 22.1 Å². The highest BCUT2D eigenvalue weighted by molar-refractivity contribution is 6.01. The van der Waals surface area contributed by atoms with E-state index in [0.29, 0.717) is 12.1 Å². The molecule has 0 bridgehead atoms. The molecule has 4 aromatic rings. The number of aromatic amines is 1. The predicted octanol–water partition coefficient (Wildman–Crippen LogP) is 2.91. The minimum Gasteiger partial charge on any atom is -0.385 e. The first-order chi connectivity index (χ1) is 12.7. The molecule has 0 aliphatic heterocycles. The molecule has 1 atom stereocenters. The fourth-order valence-corrected chi connectivity index (χ4v) is 4.29. The van der Waals surface area contributed by atoms with E-state index in [1.807, 2.05) is 12.3 Å². The van der Waals surface area contributed by atoms with Crippen LogP contribution >= 0.6 is 0 Å². The van der Waals surface area contributed by atoms with Crippen molar-refractivity contribution in [2.45, 2.75) is 50.8 Å². The van der Waals surface area contributed by atoms with Crippen LogP contribution in [0.2, 0.25) is 0 Å². The maximum Gasteiger partial charge on any atom is 0.139 e. The smallest absolute Gasteiger partial charge is 0.139 e. The minimum absolute atomic E-state index is 0.317. The zero-order chi connectivity index (χ0) is 17.7. The molecule has 8 nitrogen and oxygen atoms in total. The monoisotopic (exact) mass is 351 g/mol. The molecule has 1 saturated carbocycles. The summed E-state index contributed by atoms with van der Waals surface area (Å²) in [6.45, 7) is 1.78. The summed E-state index contributed by atoms with van der Waals surface area (Å²) in [5, 5.41) is 19.2. The van der Waals surface area contributed by atoms with Gasteiger partial charge in [0.15, 0.2) is 0 Å². The first-order valence-corrected chi connectivity index (χ1v) is 9.08. The lowest BCUT2D eigenvalue weighted by Gasteiger charge is -2.31. The van der Waals surface area contributed by atoms with Crippen LogP contribution in [-0.2, 0) is 0 Å². The standard InChI is InChI=1S/C18H21N7O/c1-11(26)18-23-15-8-20-17-14(6-7-19-17)16(15)25(18)13-4-2-12(3-5-13)24-9-21-22-10-24/h6-13,26H,2-5H2,1H3,(H,19,20)/t11-,12-,13+/m1/s1. The molecule has 26 heavy (non-hydrogen) atoms. The fourth-order valence-electron chi connectivity index (χ4n) is 4.29. The molecular formula is C18H21N7O. The van der Waals surface area contributed by atoms with E-state index < -0.39 is 6.10 Å². The Morgan fingerprint density at radius 1 is 1.15 bits per heavy atom. The van der Waals surface area contributed by atoms with Crippen LogP contribution in [0.25, 0.3) is 22.1 Å². The summed E-state index contributed by atoms with van der Waals surface area (Å²) < 4.78 is 4.35. The van der Waals surface area contributed by atoms with Crippen molar-refractivity contribution in [3.63, 3.8) is 0 Å². The molecule has 0 amide bonds. The number of nitrogens with one attached hydrogen (secondary N) is 1. The number of fused-ring (bicyclic) bond motifs is 3. The fraction of sp³-hybridized carbons (Fsp3) is 0.444. The van der Waals surface area contributed by atoms with E-state index >= 15 is 0 Å². The van der Waals surface area contributed by atoms with E-state index in [2.05, 4.69) is 29.3 Å². The van der Waals surface area contributed by atoms with Gasteiger partial charge < -0.3 is 19.2 Å². The lowest BCUT2D eigenvalue weighted by atomic mass is 9.90. The third-order valence-corrected chi connectivity index (χ3v) is 5.52. The second-order valence-corrected chi connectivity index (χ2v) is 7.12. The Hall–Kier alpha value is -2.74. The van der Waals surface area contributed by atoms with E-state index in [-0.39, 0.29) is 0 Å². The molecule has 1 aliphatic carbocycles. The molecule has 4 aromatic heterocycles. The first kappa shape index (κ1) is 15.5. The van der Waals surface area contributed by atoms with Crippen molar-refractivity contribution in [3.05, 3.63) is 36.9 Å². The van der Waals surface area contributed by atoms with Gasteiger partial charge in [-0.25, -0.2) is 9.97 Å². The van der Waals surface area contributed by atoms with Crippen LogP contribution in [0.4, 0.5) is 0 Å². The summed E-state index contributed by atoms with van der Waals surface area (Å²) >= 11 is 0. The highest BCUT2D eigenvalue weighted by atomic mass is 16.3. The molecule has 1 aliphatic rings. The van der Waals surface area contributed by atoms with Crippen molar-refractivity contribution in [1.82, 2.24) is 34.3 Å². The van der Waals surface area contributed by atoms with Crippen LogP contribution in [0.15, 0.2) is 31.1 Å². The third kappa shape index (κ3) is 2.33. The molecule has 0 saturated heterocycles. The van der Waals surface area contributed by atoms with Crippen molar-refractivity contribution < 1.29 is 5.11 Å². The molecule has 0 spiro atoms. The molecule has 5 rings (SSSR count). The van der Waals surface area contributed by atoms with Crippen LogP contribution in [0.3, 0.4) is 0 Å². The number of nitrogens with zero attached hydrogens (tertiary/aromatic N) is 6. The average molecular weight is 351 g/mol. The van der Waals surface area contributed by atoms with Crippen LogP contribution in [-0.4, -0.2) is 39.4 Å². The molecule has 0 unspecified atom stereocenters. The van der Waals surface area contributed by atoms with E-state index in [9.17, 15) is 5.11 Å². The molecular weight excluding hydrogens is 330 g/mol. The number of imidazole rings is 1. The van der Waals surface area contributed by atoms with E-state index in [1.54, 1.807) is 25.8 Å². The van der Waals surface area contributed by atoms with Gasteiger partial charge in [0.1, 0.15) is 35.7 Å². The molecule has 1 fully saturated rings. The van der Waals surface area contributed by atoms with Crippen molar-refractivity contribution in [2.75, 3.05) is 0 Å². The molecule has 134 valence electrons. The number of hydrogen-bond donors (Lipinski definition) is 2. The number of rotatable bonds is 3. The molecule has 2 N–H and O–H groups in total. The second-order valence-electron chi connectivity index (χ2n) is 7.12. The van der Waals surface area contributed by atoms with Gasteiger partial charge in [-0.3, -0.25) is 0 Å². The number of hydrogen-bond acceptors (Lipinski definition) is 5. The summed E-state index contributed by atoms with van der Waals surface area (Å²) in [6, 6.07) is 2.80. The Morgan fingerprint density at radius 2 is 1.88 bits per heavy atom. The zero-order valence-corrected chi connectivity index (χ0v) is 14.6. The van der Waals surface area contributed by atoms with Gasteiger partial charge in [-0.1, -0.05) is 0 Å². The van der Waals surface area contributed by atoms with Gasteiger partial charge in [0.05, 0.1) is 11.7 Å². The predicted molar refractivity (Wildman–Crippen MR) is 96.6 cm³/mol. The van der Waals surface area contributed by atoms with Crippen molar-refractivity contribution in [1.29, 1.82) is 0 Å². The topological polar surface area (TPSA) is 97.4 Å². The van der Waals surface area contributed by atoms with E-state index in [1.165, 1.54) is 0 Å². The highest BCUT2D eigenvalue weighted by Gasteiger charge is 2.28. The van der Waals surface area contributed by atoms with Crippen LogP contribution < -0.4 is 0 Å².